The first-order chi connectivity index (χ1) is 9.20. The van der Waals surface area contributed by atoms with Gasteiger partial charge in [-0.15, -0.1) is 11.8 Å². The molecule has 0 radical (unpaired) electrons. The van der Waals surface area contributed by atoms with Gasteiger partial charge in [0.05, 0.1) is 0 Å². The first-order valence-electron chi connectivity index (χ1n) is 6.29. The van der Waals surface area contributed by atoms with E-state index in [0.717, 1.165) is 11.3 Å². The molecule has 0 spiro atoms. The average molecular weight is 268 g/mol. The molecule has 0 bridgehead atoms. The van der Waals surface area contributed by atoms with E-state index in [9.17, 15) is 0 Å². The van der Waals surface area contributed by atoms with Crippen molar-refractivity contribution in [3.63, 3.8) is 0 Å². The normalized spacial score (nSPS) is 11.1. The van der Waals surface area contributed by atoms with Crippen molar-refractivity contribution < 1.29 is 0 Å². The van der Waals surface area contributed by atoms with Gasteiger partial charge in [0.1, 0.15) is 16.4 Å². The number of pyridine rings is 1. The van der Waals surface area contributed by atoms with Crippen LogP contribution < -0.4 is 0 Å². The largest absolute Gasteiger partial charge is 0.294 e. The lowest BCUT2D eigenvalue weighted by atomic mass is 10.0. The average Bonchev–Trinajstić information content (AvgIpc) is 2.76. The number of hydrogen-bond acceptors (Lipinski definition) is 2. The Bertz CT molecular complexity index is 744. The molecule has 2 aromatic heterocycles. The number of thioether (sulfide) groups is 1. The SMILES string of the molecule is CSc1c(-c2ccc(C)cc2C)nc2ccccn12. The molecule has 0 unspecified atom stereocenters. The molecule has 96 valence electrons. The fourth-order valence-electron chi connectivity index (χ4n) is 2.42. The summed E-state index contributed by atoms with van der Waals surface area (Å²) in [5.41, 5.74) is 5.87. The maximum atomic E-state index is 4.79. The van der Waals surface area contributed by atoms with Gasteiger partial charge in [-0.1, -0.05) is 29.8 Å². The molecule has 2 nitrogen and oxygen atoms in total. The highest BCUT2D eigenvalue weighted by Crippen LogP contribution is 2.32. The molecule has 2 heterocycles. The summed E-state index contributed by atoms with van der Waals surface area (Å²) >= 11 is 1.74. The van der Waals surface area contributed by atoms with Gasteiger partial charge in [-0.05, 0) is 37.8 Å². The molecule has 0 aliphatic carbocycles. The fraction of sp³-hybridized carbons (Fsp3) is 0.188. The van der Waals surface area contributed by atoms with Crippen molar-refractivity contribution in [3.8, 4) is 11.3 Å². The second-order valence-corrected chi connectivity index (χ2v) is 5.51. The predicted molar refractivity (Wildman–Crippen MR) is 81.9 cm³/mol. The Morgan fingerprint density at radius 2 is 1.95 bits per heavy atom. The summed E-state index contributed by atoms with van der Waals surface area (Å²) in [7, 11) is 0. The second kappa shape index (κ2) is 4.74. The summed E-state index contributed by atoms with van der Waals surface area (Å²) < 4.78 is 2.15. The smallest absolute Gasteiger partial charge is 0.138 e. The molecule has 0 saturated carbocycles. The minimum Gasteiger partial charge on any atom is -0.294 e. The van der Waals surface area contributed by atoms with Crippen LogP contribution in [0.5, 0.6) is 0 Å². The van der Waals surface area contributed by atoms with Crippen molar-refractivity contribution in [3.05, 3.63) is 53.7 Å². The molecule has 0 saturated heterocycles. The number of hydrogen-bond donors (Lipinski definition) is 0. The fourth-order valence-corrected chi connectivity index (χ4v) is 3.12. The van der Waals surface area contributed by atoms with E-state index in [1.165, 1.54) is 21.7 Å². The van der Waals surface area contributed by atoms with Crippen molar-refractivity contribution in [2.75, 3.05) is 6.26 Å². The van der Waals surface area contributed by atoms with Crippen LogP contribution in [-0.4, -0.2) is 15.6 Å². The van der Waals surface area contributed by atoms with Gasteiger partial charge in [-0.2, -0.15) is 0 Å². The van der Waals surface area contributed by atoms with E-state index in [1.807, 2.05) is 18.2 Å². The van der Waals surface area contributed by atoms with E-state index in [4.69, 9.17) is 4.98 Å². The van der Waals surface area contributed by atoms with Crippen molar-refractivity contribution in [1.82, 2.24) is 9.38 Å². The van der Waals surface area contributed by atoms with Crippen LogP contribution in [-0.2, 0) is 0 Å². The molecule has 3 aromatic rings. The molecule has 0 amide bonds. The van der Waals surface area contributed by atoms with E-state index in [-0.39, 0.29) is 0 Å². The molecule has 0 atom stereocenters. The van der Waals surface area contributed by atoms with Crippen LogP contribution >= 0.6 is 11.8 Å². The first-order valence-corrected chi connectivity index (χ1v) is 7.52. The maximum Gasteiger partial charge on any atom is 0.138 e. The Kier molecular flexibility index (Phi) is 3.07. The third-order valence-electron chi connectivity index (χ3n) is 3.32. The molecular formula is C16H16N2S. The number of benzene rings is 1. The Balaban J connectivity index is 2.30. The molecule has 0 fully saturated rings. The number of imidazole rings is 1. The summed E-state index contributed by atoms with van der Waals surface area (Å²) in [6, 6.07) is 12.7. The highest BCUT2D eigenvalue weighted by Gasteiger charge is 2.14. The Labute approximate surface area is 117 Å². The molecule has 1 aromatic carbocycles. The molecular weight excluding hydrogens is 252 g/mol. The van der Waals surface area contributed by atoms with Gasteiger partial charge in [-0.25, -0.2) is 4.98 Å². The monoisotopic (exact) mass is 268 g/mol. The summed E-state index contributed by atoms with van der Waals surface area (Å²) in [5, 5.41) is 1.20. The van der Waals surface area contributed by atoms with Crippen molar-refractivity contribution >= 4 is 17.4 Å². The summed E-state index contributed by atoms with van der Waals surface area (Å²) in [5.74, 6) is 0. The van der Waals surface area contributed by atoms with Crippen LogP contribution in [0.1, 0.15) is 11.1 Å². The van der Waals surface area contributed by atoms with E-state index in [0.29, 0.717) is 0 Å². The van der Waals surface area contributed by atoms with Gasteiger partial charge in [0, 0.05) is 11.8 Å². The van der Waals surface area contributed by atoms with E-state index in [2.05, 4.69) is 48.9 Å². The number of fused-ring (bicyclic) bond motifs is 1. The minimum absolute atomic E-state index is 1.00. The molecule has 3 heteroatoms. The van der Waals surface area contributed by atoms with E-state index in [1.54, 1.807) is 11.8 Å². The number of aromatic nitrogens is 2. The van der Waals surface area contributed by atoms with Crippen LogP contribution in [0.4, 0.5) is 0 Å². The standard InChI is InChI=1S/C16H16N2S/c1-11-7-8-13(12(2)10-11)15-16(19-3)18-9-5-4-6-14(18)17-15/h4-10H,1-3H3. The minimum atomic E-state index is 1.00. The van der Waals surface area contributed by atoms with Crippen molar-refractivity contribution in [2.24, 2.45) is 0 Å². The lowest BCUT2D eigenvalue weighted by Crippen LogP contribution is -1.88. The number of nitrogens with zero attached hydrogens (tertiary/aromatic N) is 2. The molecule has 0 aliphatic heterocycles. The van der Waals surface area contributed by atoms with Crippen LogP contribution in [0.25, 0.3) is 16.9 Å². The Morgan fingerprint density at radius 3 is 2.68 bits per heavy atom. The number of aryl methyl sites for hydroxylation is 2. The zero-order valence-corrected chi connectivity index (χ0v) is 12.2. The van der Waals surface area contributed by atoms with Gasteiger partial charge < -0.3 is 0 Å². The van der Waals surface area contributed by atoms with Gasteiger partial charge in [0.15, 0.2) is 0 Å². The van der Waals surface area contributed by atoms with Crippen LogP contribution in [0, 0.1) is 13.8 Å². The molecule has 0 N–H and O–H groups in total. The van der Waals surface area contributed by atoms with Gasteiger partial charge >= 0.3 is 0 Å². The number of rotatable bonds is 2. The molecule has 0 aliphatic rings. The quantitative estimate of drug-likeness (QED) is 0.643. The highest BCUT2D eigenvalue weighted by molar-refractivity contribution is 7.98. The second-order valence-electron chi connectivity index (χ2n) is 4.72. The van der Waals surface area contributed by atoms with Gasteiger partial charge in [-0.3, -0.25) is 4.40 Å². The molecule has 3 rings (SSSR count). The van der Waals surface area contributed by atoms with E-state index >= 15 is 0 Å². The topological polar surface area (TPSA) is 17.3 Å². The third-order valence-corrected chi connectivity index (χ3v) is 4.09. The zero-order chi connectivity index (χ0) is 13.4. The van der Waals surface area contributed by atoms with Crippen molar-refractivity contribution in [1.29, 1.82) is 0 Å². The van der Waals surface area contributed by atoms with Crippen LogP contribution in [0.2, 0.25) is 0 Å². The summed E-state index contributed by atoms with van der Waals surface area (Å²) in [4.78, 5) is 4.79. The first kappa shape index (κ1) is 12.3. The highest BCUT2D eigenvalue weighted by atomic mass is 32.2. The zero-order valence-electron chi connectivity index (χ0n) is 11.3. The Morgan fingerprint density at radius 1 is 1.11 bits per heavy atom. The third kappa shape index (κ3) is 2.04. The Hall–Kier alpha value is -1.74. The van der Waals surface area contributed by atoms with E-state index < -0.39 is 0 Å². The van der Waals surface area contributed by atoms with Gasteiger partial charge in [0.2, 0.25) is 0 Å². The lowest BCUT2D eigenvalue weighted by molar-refractivity contribution is 1.05. The van der Waals surface area contributed by atoms with Crippen molar-refractivity contribution in [2.45, 2.75) is 18.9 Å². The molecule has 19 heavy (non-hydrogen) atoms. The maximum absolute atomic E-state index is 4.79. The summed E-state index contributed by atoms with van der Waals surface area (Å²) in [6.07, 6.45) is 4.17. The summed E-state index contributed by atoms with van der Waals surface area (Å²) in [6.45, 7) is 4.27. The van der Waals surface area contributed by atoms with Gasteiger partial charge in [0.25, 0.3) is 0 Å². The van der Waals surface area contributed by atoms with Crippen LogP contribution in [0.15, 0.2) is 47.6 Å². The predicted octanol–water partition coefficient (Wildman–Crippen LogP) is 4.34. The lowest BCUT2D eigenvalue weighted by Gasteiger charge is -2.06. The van der Waals surface area contributed by atoms with Crippen LogP contribution in [0.3, 0.4) is 0 Å².